The maximum Gasteiger partial charge on any atom is 0.236 e. The summed E-state index contributed by atoms with van der Waals surface area (Å²) in [7, 11) is 0. The smallest absolute Gasteiger partial charge is 0.236 e. The molecule has 1 amide bonds. The van der Waals surface area contributed by atoms with Gasteiger partial charge in [-0.15, -0.1) is 0 Å². The van der Waals surface area contributed by atoms with E-state index in [0.29, 0.717) is 41.7 Å². The van der Waals surface area contributed by atoms with Crippen molar-refractivity contribution in [2.45, 2.75) is 20.1 Å². The number of nitrogens with one attached hydrogen (secondary N) is 2. The Labute approximate surface area is 178 Å². The van der Waals surface area contributed by atoms with Crippen molar-refractivity contribution in [2.75, 3.05) is 25.1 Å². The highest BCUT2D eigenvalue weighted by atomic mass is 19.1. The van der Waals surface area contributed by atoms with E-state index >= 15 is 0 Å². The number of ether oxygens (including phenoxy) is 2. The Bertz CT molecular complexity index is 1070. The number of nitrogens with two attached hydrogens (primary N) is 1. The second kappa shape index (κ2) is 8.40. The first-order chi connectivity index (χ1) is 14.8. The van der Waals surface area contributed by atoms with E-state index in [0.717, 1.165) is 0 Å². The normalized spacial score (nSPS) is 16.2. The highest BCUT2D eigenvalue weighted by Gasteiger charge is 2.32. The van der Waals surface area contributed by atoms with Crippen LogP contribution in [0.15, 0.2) is 36.5 Å². The number of imidazole rings is 1. The lowest BCUT2D eigenvalue weighted by atomic mass is 9.96. The predicted octanol–water partition coefficient (Wildman–Crippen LogP) is 2.64. The molecule has 0 spiro atoms. The molecule has 31 heavy (non-hydrogen) atoms. The zero-order valence-electron chi connectivity index (χ0n) is 17.2. The van der Waals surface area contributed by atoms with E-state index in [1.807, 2.05) is 0 Å². The molecule has 9 nitrogen and oxygen atoms in total. The molecule has 4 rings (SSSR count). The second-order valence-electron chi connectivity index (χ2n) is 8.06. The lowest BCUT2D eigenvalue weighted by Gasteiger charge is -2.33. The Morgan fingerprint density at radius 1 is 1.23 bits per heavy atom. The number of amides is 1. The second-order valence-corrected chi connectivity index (χ2v) is 8.06. The minimum atomic E-state index is -0.657. The predicted molar refractivity (Wildman–Crippen MR) is 111 cm³/mol. The number of carbonyl (C=O) groups is 1. The van der Waals surface area contributed by atoms with Crippen molar-refractivity contribution < 1.29 is 18.7 Å². The molecule has 1 aliphatic heterocycles. The van der Waals surface area contributed by atoms with Gasteiger partial charge in [0.1, 0.15) is 5.82 Å². The van der Waals surface area contributed by atoms with Gasteiger partial charge in [0.05, 0.1) is 36.8 Å². The van der Waals surface area contributed by atoms with Crippen LogP contribution in [0.4, 0.5) is 10.3 Å². The number of halogens is 1. The van der Waals surface area contributed by atoms with Crippen LogP contribution in [0.25, 0.3) is 22.6 Å². The van der Waals surface area contributed by atoms with Gasteiger partial charge in [-0.2, -0.15) is 0 Å². The molecule has 1 aliphatic rings. The summed E-state index contributed by atoms with van der Waals surface area (Å²) in [4.78, 5) is 27.5. The van der Waals surface area contributed by atoms with Crippen LogP contribution in [0.3, 0.4) is 0 Å². The van der Waals surface area contributed by atoms with Crippen LogP contribution in [0.1, 0.15) is 26.0 Å². The summed E-state index contributed by atoms with van der Waals surface area (Å²) < 4.78 is 25.2. The highest BCUT2D eigenvalue weighted by Crippen LogP contribution is 2.35. The molecule has 1 aromatic carbocycles. The quantitative estimate of drug-likeness (QED) is 0.553. The number of H-pyrrole nitrogens is 1. The fourth-order valence-corrected chi connectivity index (χ4v) is 3.10. The summed E-state index contributed by atoms with van der Waals surface area (Å²) >= 11 is 0. The molecule has 0 aliphatic carbocycles. The molecule has 3 aromatic rings. The van der Waals surface area contributed by atoms with Gasteiger partial charge in [0.15, 0.2) is 5.82 Å². The molecule has 3 heterocycles. The van der Waals surface area contributed by atoms with E-state index in [1.165, 1.54) is 12.1 Å². The topological polar surface area (TPSA) is 128 Å². The summed E-state index contributed by atoms with van der Waals surface area (Å²) in [6.45, 7) is 5.06. The molecule has 0 saturated carbocycles. The summed E-state index contributed by atoms with van der Waals surface area (Å²) in [6, 6.07) is 7.70. The maximum absolute atomic E-state index is 13.5. The monoisotopic (exact) mass is 426 g/mol. The number of benzene rings is 1. The lowest BCUT2D eigenvalue weighted by molar-refractivity contribution is -0.229. The maximum atomic E-state index is 13.5. The fraction of sp³-hybridized carbons (Fsp3) is 0.333. The van der Waals surface area contributed by atoms with Crippen molar-refractivity contribution in [3.05, 3.63) is 48.2 Å². The first-order valence-electron chi connectivity index (χ1n) is 9.75. The van der Waals surface area contributed by atoms with Gasteiger partial charge in [-0.3, -0.25) is 4.79 Å². The number of aromatic nitrogens is 4. The van der Waals surface area contributed by atoms with Crippen LogP contribution in [0, 0.1) is 11.2 Å². The molecule has 4 N–H and O–H groups in total. The standard InChI is InChI=1S/C21H23FN6O3/c1-21(2)10-30-19(31-11-21)18-27-16(12-3-5-13(22)6-4-12)17(28-18)14-7-8-24-20(26-14)25-9-15(23)29/h3-8,19H,9-11H2,1-2H3,(H2,23,29)(H,27,28)(H,24,25,26). The number of carbonyl (C=O) groups excluding carboxylic acids is 1. The number of anilines is 1. The average molecular weight is 426 g/mol. The summed E-state index contributed by atoms with van der Waals surface area (Å²) in [6.07, 6.45) is 0.895. The minimum absolute atomic E-state index is 0.0840. The van der Waals surface area contributed by atoms with E-state index in [4.69, 9.17) is 15.2 Å². The molecular formula is C21H23FN6O3. The van der Waals surface area contributed by atoms with Crippen molar-refractivity contribution >= 4 is 11.9 Å². The molecule has 0 bridgehead atoms. The SMILES string of the molecule is CC1(C)COC(c2nc(-c3ccc(F)cc3)c(-c3ccnc(NCC(N)=O)n3)[nH]2)OC1. The minimum Gasteiger partial charge on any atom is -0.368 e. The van der Waals surface area contributed by atoms with Crippen molar-refractivity contribution in [3.63, 3.8) is 0 Å². The Hall–Kier alpha value is -3.37. The Morgan fingerprint density at radius 3 is 2.61 bits per heavy atom. The van der Waals surface area contributed by atoms with Crippen LogP contribution in [0.5, 0.6) is 0 Å². The van der Waals surface area contributed by atoms with Gasteiger partial charge in [0, 0.05) is 17.2 Å². The van der Waals surface area contributed by atoms with Crippen molar-refractivity contribution in [3.8, 4) is 22.6 Å². The number of rotatable bonds is 6. The lowest BCUT2D eigenvalue weighted by Crippen LogP contribution is -2.34. The third-order valence-corrected chi connectivity index (χ3v) is 4.65. The molecule has 1 fully saturated rings. The van der Waals surface area contributed by atoms with Crippen molar-refractivity contribution in [1.29, 1.82) is 0 Å². The van der Waals surface area contributed by atoms with Crippen molar-refractivity contribution in [2.24, 2.45) is 11.1 Å². The molecule has 0 radical (unpaired) electrons. The largest absolute Gasteiger partial charge is 0.368 e. The average Bonchev–Trinajstić information content (AvgIpc) is 3.18. The number of aromatic amines is 1. The summed E-state index contributed by atoms with van der Waals surface area (Å²) in [5, 5.41) is 2.77. The van der Waals surface area contributed by atoms with E-state index in [9.17, 15) is 9.18 Å². The molecule has 1 saturated heterocycles. The van der Waals surface area contributed by atoms with Crippen LogP contribution in [0.2, 0.25) is 0 Å². The molecule has 2 aromatic heterocycles. The highest BCUT2D eigenvalue weighted by molar-refractivity contribution is 5.79. The van der Waals surface area contributed by atoms with Crippen molar-refractivity contribution in [1.82, 2.24) is 19.9 Å². The van der Waals surface area contributed by atoms with E-state index in [-0.39, 0.29) is 23.7 Å². The van der Waals surface area contributed by atoms with E-state index in [1.54, 1.807) is 24.4 Å². The van der Waals surface area contributed by atoms with Crippen LogP contribution in [-0.4, -0.2) is 45.6 Å². The van der Waals surface area contributed by atoms with Gasteiger partial charge < -0.3 is 25.5 Å². The molecule has 10 heteroatoms. The van der Waals surface area contributed by atoms with Crippen LogP contribution in [-0.2, 0) is 14.3 Å². The van der Waals surface area contributed by atoms with Gasteiger partial charge >= 0.3 is 0 Å². The number of nitrogens with zero attached hydrogens (tertiary/aromatic N) is 3. The third-order valence-electron chi connectivity index (χ3n) is 4.65. The van der Waals surface area contributed by atoms with Crippen LogP contribution >= 0.6 is 0 Å². The first-order valence-corrected chi connectivity index (χ1v) is 9.75. The zero-order chi connectivity index (χ0) is 22.0. The summed E-state index contributed by atoms with van der Waals surface area (Å²) in [5.41, 5.74) is 7.46. The molecular weight excluding hydrogens is 403 g/mol. The number of hydrogen-bond acceptors (Lipinski definition) is 7. The van der Waals surface area contributed by atoms with E-state index < -0.39 is 12.2 Å². The van der Waals surface area contributed by atoms with Gasteiger partial charge in [0.2, 0.25) is 18.1 Å². The van der Waals surface area contributed by atoms with Gasteiger partial charge in [0.25, 0.3) is 0 Å². The van der Waals surface area contributed by atoms with Gasteiger partial charge in [-0.05, 0) is 30.3 Å². The number of hydrogen-bond donors (Lipinski definition) is 3. The fourth-order valence-electron chi connectivity index (χ4n) is 3.10. The Balaban J connectivity index is 1.72. The Morgan fingerprint density at radius 2 is 1.94 bits per heavy atom. The molecule has 0 unspecified atom stereocenters. The molecule has 0 atom stereocenters. The van der Waals surface area contributed by atoms with Gasteiger partial charge in [-0.25, -0.2) is 19.3 Å². The Kier molecular flexibility index (Phi) is 5.66. The summed E-state index contributed by atoms with van der Waals surface area (Å²) in [5.74, 6) is -0.152. The third kappa shape index (κ3) is 4.86. The zero-order valence-corrected chi connectivity index (χ0v) is 17.2. The van der Waals surface area contributed by atoms with Gasteiger partial charge in [-0.1, -0.05) is 13.8 Å². The first kappa shape index (κ1) is 20.9. The molecule has 162 valence electrons. The van der Waals surface area contributed by atoms with Crippen LogP contribution < -0.4 is 11.1 Å². The van der Waals surface area contributed by atoms with E-state index in [2.05, 4.69) is 39.1 Å². The number of primary amides is 1.